The van der Waals surface area contributed by atoms with E-state index in [4.69, 9.17) is 0 Å². The van der Waals surface area contributed by atoms with E-state index in [0.717, 1.165) is 22.6 Å². The van der Waals surface area contributed by atoms with Crippen LogP contribution < -0.4 is 21.3 Å². The van der Waals surface area contributed by atoms with Gasteiger partial charge in [-0.1, -0.05) is 0 Å². The van der Waals surface area contributed by atoms with Crippen LogP contribution in [0.1, 0.15) is 0 Å². The van der Waals surface area contributed by atoms with Gasteiger partial charge in [0.2, 0.25) is 0 Å². The summed E-state index contributed by atoms with van der Waals surface area (Å²) in [5.41, 5.74) is 0. The zero-order chi connectivity index (χ0) is 5.98. The molecule has 9 heavy (non-hydrogen) atoms. The van der Waals surface area contributed by atoms with Crippen molar-refractivity contribution in [1.29, 1.82) is 0 Å². The summed E-state index contributed by atoms with van der Waals surface area (Å²) < 4.78 is 13.0. The molecule has 0 unspecified atom stereocenters. The predicted octanol–water partition coefficient (Wildman–Crippen LogP) is -2.60. The van der Waals surface area contributed by atoms with Gasteiger partial charge in [-0.3, -0.25) is 0 Å². The van der Waals surface area contributed by atoms with E-state index in [9.17, 15) is 4.39 Å². The summed E-state index contributed by atoms with van der Waals surface area (Å²) >= 11 is 0.986. The molecule has 0 aromatic carbocycles. The summed E-state index contributed by atoms with van der Waals surface area (Å²) in [4.78, 5) is 3.76. The molecule has 1 aromatic heterocycles. The molecule has 0 aliphatic rings. The normalized spacial score (nSPS) is 8.33. The molecule has 0 radical (unpaired) electrons. The van der Waals surface area contributed by atoms with E-state index in [-0.39, 0.29) is 22.8 Å². The van der Waals surface area contributed by atoms with Gasteiger partial charge >= 0.3 is 56.1 Å². The van der Waals surface area contributed by atoms with Gasteiger partial charge in [-0.25, -0.2) is 0 Å². The minimum atomic E-state index is -0.262. The molecule has 44 valence electrons. The third-order valence-corrected chi connectivity index (χ3v) is 1.67. The molecule has 0 aliphatic carbocycles. The van der Waals surface area contributed by atoms with E-state index < -0.39 is 0 Å². The van der Waals surface area contributed by atoms with Crippen LogP contribution in [0.4, 0.5) is 4.39 Å². The number of aromatic nitrogens is 1. The Labute approximate surface area is 73.1 Å². The minimum Gasteiger partial charge on any atom is -1.00 e. The number of hydrogen-bond acceptors (Lipinski definition) is 1. The van der Waals surface area contributed by atoms with Crippen LogP contribution in [0.15, 0.2) is 18.3 Å². The molecule has 1 nitrogen and oxygen atoms in total. The minimum absolute atomic E-state index is 0. The summed E-state index contributed by atoms with van der Waals surface area (Å²) in [6, 6.07) is 3.11. The summed E-state index contributed by atoms with van der Waals surface area (Å²) in [5.74, 6) is -0.262. The van der Waals surface area contributed by atoms with E-state index in [0.29, 0.717) is 0 Å². The van der Waals surface area contributed by atoms with E-state index in [1.165, 1.54) is 12.3 Å². The number of pyridine rings is 1. The van der Waals surface area contributed by atoms with E-state index in [2.05, 4.69) is 4.98 Å². The summed E-state index contributed by atoms with van der Waals surface area (Å²) in [6.45, 7) is 0. The van der Waals surface area contributed by atoms with Crippen molar-refractivity contribution < 1.29 is 39.7 Å². The Morgan fingerprint density at radius 1 is 1.44 bits per heavy atom. The fourth-order valence-corrected chi connectivity index (χ4v) is 0.845. The van der Waals surface area contributed by atoms with Gasteiger partial charge in [-0.15, -0.1) is 0 Å². The summed E-state index contributed by atoms with van der Waals surface area (Å²) in [6.07, 6.45) is 1.23. The van der Waals surface area contributed by atoms with Crippen molar-refractivity contribution in [2.75, 3.05) is 0 Å². The first kappa shape index (κ1) is 9.18. The number of hydrogen-bond donors (Lipinski definition) is 0. The molecule has 0 bridgehead atoms. The molecule has 1 heterocycles. The van der Waals surface area contributed by atoms with Crippen LogP contribution in [-0.4, -0.2) is 4.98 Å². The number of nitrogens with zero attached hydrogens (tertiary/aromatic N) is 1. The Morgan fingerprint density at radius 3 is 2.44 bits per heavy atom. The maximum absolute atomic E-state index is 12.0. The first-order valence-corrected chi connectivity index (χ1v) is 3.71. The van der Waals surface area contributed by atoms with Crippen molar-refractivity contribution in [2.45, 2.75) is 0 Å². The van der Waals surface area contributed by atoms with Crippen LogP contribution in [-0.2, 0) is 18.3 Å². The molecule has 0 spiro atoms. The van der Waals surface area contributed by atoms with Gasteiger partial charge in [-0.2, -0.15) is 0 Å². The largest absolute Gasteiger partial charge is 1.00 e. The monoisotopic (exact) mass is 239 g/mol. The van der Waals surface area contributed by atoms with Crippen molar-refractivity contribution in [2.24, 2.45) is 0 Å². The van der Waals surface area contributed by atoms with Crippen LogP contribution >= 0.6 is 0 Å². The maximum Gasteiger partial charge on any atom is -1.00 e. The molecule has 0 amide bonds. The van der Waals surface area contributed by atoms with Gasteiger partial charge in [0.05, 0.1) is 0 Å². The van der Waals surface area contributed by atoms with Gasteiger partial charge in [0.15, 0.2) is 0 Å². The van der Waals surface area contributed by atoms with Crippen LogP contribution in [0.2, 0.25) is 0 Å². The molecule has 0 aliphatic heterocycles. The smallest absolute Gasteiger partial charge is 1.00 e. The molecule has 1 aromatic rings. The molecule has 1 rings (SSSR count). The predicted molar refractivity (Wildman–Crippen MR) is 23.8 cm³/mol. The average Bonchev–Trinajstić information content (AvgIpc) is 1.77. The van der Waals surface area contributed by atoms with Gasteiger partial charge < -0.3 is 17.0 Å². The topological polar surface area (TPSA) is 12.9 Å². The van der Waals surface area contributed by atoms with Crippen LogP contribution in [0.3, 0.4) is 0 Å². The molecule has 0 atom stereocenters. The van der Waals surface area contributed by atoms with E-state index in [1.807, 2.05) is 0 Å². The molecule has 4 heteroatoms. The summed E-state index contributed by atoms with van der Waals surface area (Å²) in [5, 5.41) is 0. The van der Waals surface area contributed by atoms with Crippen molar-refractivity contribution in [3.63, 3.8) is 0 Å². The molecule has 0 saturated heterocycles. The Kier molecular flexibility index (Phi) is 4.15. The molecule has 0 N–H and O–H groups in total. The zero-order valence-corrected chi connectivity index (χ0v) is 9.20. The standard InChI is InChI=1S/C5H3FN.BrH.Zn/c6-5-2-1-3-7-4-5;;/h1-2,4H;1H;/q;;+1/p-1. The second kappa shape index (κ2) is 4.07. The van der Waals surface area contributed by atoms with Crippen molar-refractivity contribution in [3.05, 3.63) is 24.1 Å². The van der Waals surface area contributed by atoms with Crippen LogP contribution in [0.25, 0.3) is 0 Å². The maximum atomic E-state index is 12.0. The Bertz CT molecular complexity index is 156. The van der Waals surface area contributed by atoms with Crippen LogP contribution in [0, 0.1) is 5.82 Å². The number of halogens is 2. The van der Waals surface area contributed by atoms with Gasteiger partial charge in [-0.05, 0) is 0 Å². The first-order valence-electron chi connectivity index (χ1n) is 2.22. The fourth-order valence-electron chi connectivity index (χ4n) is 0.406. The Hall–Kier alpha value is 0.183. The Morgan fingerprint density at radius 2 is 2.11 bits per heavy atom. The Balaban J connectivity index is 0.000000640. The first-order chi connectivity index (χ1) is 3.79. The van der Waals surface area contributed by atoms with Crippen molar-refractivity contribution in [1.82, 2.24) is 4.98 Å². The molecular weight excluding hydrogens is 238 g/mol. The second-order valence-corrected chi connectivity index (χ2v) is 2.99. The fraction of sp³-hybridized carbons (Fsp3) is 0. The summed E-state index contributed by atoms with van der Waals surface area (Å²) in [7, 11) is 0. The van der Waals surface area contributed by atoms with E-state index in [1.54, 1.807) is 6.07 Å². The van der Waals surface area contributed by atoms with Gasteiger partial charge in [0.1, 0.15) is 0 Å². The SMILES string of the molecule is Fc1cc[c]([Zn+])nc1.[Br-]. The zero-order valence-electron chi connectivity index (χ0n) is 4.64. The van der Waals surface area contributed by atoms with E-state index >= 15 is 0 Å². The molecule has 0 fully saturated rings. The second-order valence-electron chi connectivity index (χ2n) is 1.47. The number of rotatable bonds is 0. The third kappa shape index (κ3) is 3.02. The van der Waals surface area contributed by atoms with Crippen molar-refractivity contribution >= 4 is 4.29 Å². The molecule has 0 saturated carbocycles. The van der Waals surface area contributed by atoms with Gasteiger partial charge in [0, 0.05) is 0 Å². The van der Waals surface area contributed by atoms with Crippen molar-refractivity contribution in [3.8, 4) is 0 Å². The quantitative estimate of drug-likeness (QED) is 0.454. The third-order valence-electron chi connectivity index (χ3n) is 0.789. The molecular formula is C5H3BrFNZn. The van der Waals surface area contributed by atoms with Crippen LogP contribution in [0.5, 0.6) is 0 Å². The van der Waals surface area contributed by atoms with Gasteiger partial charge in [0.25, 0.3) is 0 Å². The average molecular weight is 241 g/mol.